The number of benzene rings is 2. The van der Waals surface area contributed by atoms with Gasteiger partial charge in [0, 0.05) is 0 Å². The van der Waals surface area contributed by atoms with Crippen LogP contribution in [0, 0.1) is 3.57 Å². The topological polar surface area (TPSA) is 69.0 Å². The van der Waals surface area contributed by atoms with Crippen molar-refractivity contribution < 1.29 is 23.5 Å². The fraction of sp³-hybridized carbons (Fsp3) is 0.407. The second kappa shape index (κ2) is 13.2. The molecule has 3 aromatic rings. The van der Waals surface area contributed by atoms with E-state index in [4.69, 9.17) is 13.9 Å². The molecule has 1 heterocycles. The molecule has 3 rings (SSSR count). The van der Waals surface area contributed by atoms with E-state index in [1.807, 2.05) is 50.2 Å². The Labute approximate surface area is 236 Å². The van der Waals surface area contributed by atoms with Crippen LogP contribution in [0.25, 0.3) is 11.0 Å². The van der Waals surface area contributed by atoms with Gasteiger partial charge in [0.1, 0.15) is 0 Å². The van der Waals surface area contributed by atoms with Gasteiger partial charge in [-0.3, -0.25) is 0 Å². The average molecular weight is 781 g/mol. The Morgan fingerprint density at radius 3 is 2.51 bits per heavy atom. The van der Waals surface area contributed by atoms with Crippen molar-refractivity contribution in [2.75, 3.05) is 26.2 Å². The van der Waals surface area contributed by atoms with Gasteiger partial charge in [-0.25, -0.2) is 0 Å². The van der Waals surface area contributed by atoms with Crippen LogP contribution < -0.4 is 7.86 Å². The maximum absolute atomic E-state index is 13.8. The summed E-state index contributed by atoms with van der Waals surface area (Å²) < 4.78 is 19.5. The molecule has 35 heavy (non-hydrogen) atoms. The van der Waals surface area contributed by atoms with Crippen molar-refractivity contribution in [2.24, 2.45) is 0 Å². The zero-order chi connectivity index (χ0) is 25.5. The van der Waals surface area contributed by atoms with E-state index in [-0.39, 0.29) is 18.3 Å². The molecule has 0 saturated heterocycles. The summed E-state index contributed by atoms with van der Waals surface area (Å²) in [5.41, 5.74) is 1.59. The Balaban J connectivity index is 1.90. The molecule has 8 heteroatoms. The first-order valence-corrected chi connectivity index (χ1v) is 15.3. The number of hydrogen-bond donors (Lipinski definition) is 0. The van der Waals surface area contributed by atoms with E-state index in [0.717, 1.165) is 38.5 Å². The number of hydrogen-bond acceptors (Lipinski definition) is 6. The number of furan rings is 1. The van der Waals surface area contributed by atoms with Crippen molar-refractivity contribution in [3.63, 3.8) is 0 Å². The summed E-state index contributed by atoms with van der Waals surface area (Å²) in [5, 5.41) is 0.704. The van der Waals surface area contributed by atoms with Gasteiger partial charge in [-0.1, -0.05) is 0 Å². The summed E-state index contributed by atoms with van der Waals surface area (Å²) >= 11 is 2.74. The number of nitrogens with zero attached hydrogens (tertiary/aromatic N) is 1. The summed E-state index contributed by atoms with van der Waals surface area (Å²) in [4.78, 5) is 28.6. The number of esters is 1. The van der Waals surface area contributed by atoms with E-state index in [1.165, 1.54) is 0 Å². The van der Waals surface area contributed by atoms with Crippen molar-refractivity contribution in [1.82, 2.24) is 4.90 Å². The van der Waals surface area contributed by atoms with Gasteiger partial charge < -0.3 is 0 Å². The minimum absolute atomic E-state index is 0.0841. The van der Waals surface area contributed by atoms with Crippen LogP contribution in [0.4, 0.5) is 0 Å². The predicted octanol–water partition coefficient (Wildman–Crippen LogP) is 4.67. The Morgan fingerprint density at radius 2 is 1.86 bits per heavy atom. The van der Waals surface area contributed by atoms with Crippen molar-refractivity contribution in [2.45, 2.75) is 46.6 Å². The van der Waals surface area contributed by atoms with Gasteiger partial charge in [0.15, 0.2) is 0 Å². The summed E-state index contributed by atoms with van der Waals surface area (Å²) in [6, 6.07) is 11.2. The summed E-state index contributed by atoms with van der Waals surface area (Å²) in [6.07, 6.45) is 0.457. The molecule has 0 N–H and O–H groups in total. The zero-order valence-corrected chi connectivity index (χ0v) is 27.4. The summed E-state index contributed by atoms with van der Waals surface area (Å²) in [6.45, 7) is 11.6. The molecule has 0 radical (unpaired) electrons. The third-order valence-electron chi connectivity index (χ3n) is 5.99. The molecular formula is C27H31INO5Tl. The van der Waals surface area contributed by atoms with Crippen molar-refractivity contribution in [3.05, 3.63) is 56.9 Å². The van der Waals surface area contributed by atoms with Gasteiger partial charge in [-0.2, -0.15) is 0 Å². The number of likely N-dealkylation sites (N-methyl/N-ethyl adjacent to an activating group) is 1. The predicted molar refractivity (Wildman–Crippen MR) is 147 cm³/mol. The molecule has 0 aliphatic carbocycles. The molecule has 0 aliphatic heterocycles. The van der Waals surface area contributed by atoms with Crippen LogP contribution in [-0.2, 0) is 16.0 Å². The van der Waals surface area contributed by atoms with Crippen LogP contribution >= 0.6 is 22.6 Å². The molecule has 1 aromatic heterocycles. The van der Waals surface area contributed by atoms with Gasteiger partial charge in [0.2, 0.25) is 0 Å². The van der Waals surface area contributed by atoms with E-state index in [2.05, 4.69) is 41.3 Å². The molecular weight excluding hydrogens is 750 g/mol. The second-order valence-electron chi connectivity index (χ2n) is 8.36. The number of ether oxygens (including phenoxy) is 2. The van der Waals surface area contributed by atoms with E-state index < -0.39 is 5.97 Å². The number of para-hydroxylation sites is 1. The standard InChI is InChI=1S/C27H31INO5.Tl/c1-5-18(4)33-25(30)17-24-26(20-10-8-9-11-22(20)34-24)27(31)19-12-13-23(21(28)16-19)32-15-14-29(6-2)7-3;/h8-12,16,18H,5-7,14-15,17H2,1-4H3;/t18-;/m1./s1. The van der Waals surface area contributed by atoms with Crippen molar-refractivity contribution in [3.8, 4) is 5.75 Å². The van der Waals surface area contributed by atoms with E-state index in [9.17, 15) is 9.59 Å². The Kier molecular flexibility index (Phi) is 10.6. The van der Waals surface area contributed by atoms with Crippen LogP contribution in [-0.4, -0.2) is 74.8 Å². The van der Waals surface area contributed by atoms with Crippen LogP contribution in [0.2, 0.25) is 0 Å². The molecule has 0 bridgehead atoms. The molecule has 0 fully saturated rings. The fourth-order valence-electron chi connectivity index (χ4n) is 3.81. The molecule has 0 saturated carbocycles. The number of carbonyl (C=O) groups excluding carboxylic acids is 2. The van der Waals surface area contributed by atoms with Gasteiger partial charge >= 0.3 is 238 Å². The van der Waals surface area contributed by atoms with E-state index in [1.54, 1.807) is 0 Å². The third-order valence-corrected chi connectivity index (χ3v) is 8.46. The molecule has 1 atom stereocenters. The van der Waals surface area contributed by atoms with Crippen LogP contribution in [0.15, 0.2) is 40.8 Å². The number of rotatable bonds is 12. The van der Waals surface area contributed by atoms with Crippen molar-refractivity contribution in [1.29, 1.82) is 0 Å². The molecule has 6 nitrogen and oxygen atoms in total. The first kappa shape index (κ1) is 28.1. The monoisotopic (exact) mass is 781 g/mol. The number of fused-ring (bicyclic) bond motifs is 1. The average Bonchev–Trinajstić information content (AvgIpc) is 3.19. The Bertz CT molecular complexity index is 1160. The molecule has 184 valence electrons. The number of ketones is 1. The quantitative estimate of drug-likeness (QED) is 0.115. The third kappa shape index (κ3) is 7.06. The molecule has 2 aromatic carbocycles. The Morgan fingerprint density at radius 1 is 1.14 bits per heavy atom. The van der Waals surface area contributed by atoms with Gasteiger partial charge in [0.25, 0.3) is 0 Å². The summed E-state index contributed by atoms with van der Waals surface area (Å²) in [7, 11) is 0. The van der Waals surface area contributed by atoms with Gasteiger partial charge in [-0.15, -0.1) is 0 Å². The van der Waals surface area contributed by atoms with Crippen molar-refractivity contribution >= 4 is 74.2 Å². The number of carbonyl (C=O) groups is 2. The first-order valence-electron chi connectivity index (χ1n) is 12.0. The van der Waals surface area contributed by atoms with E-state index >= 15 is 0 Å². The normalized spacial score (nSPS) is 12.1. The SMILES string of the molecule is CC[C@@H](C)OC(=O)Cc1oc2ccccc2c1C(=O)c1cc(I)c(OCCN(CC)CC)[c]([Tl])c1. The van der Waals surface area contributed by atoms with Crippen LogP contribution in [0.3, 0.4) is 0 Å². The van der Waals surface area contributed by atoms with Crippen LogP contribution in [0.5, 0.6) is 5.75 Å². The van der Waals surface area contributed by atoms with Gasteiger partial charge in [-0.05, 0) is 0 Å². The molecule has 0 aliphatic rings. The van der Waals surface area contributed by atoms with E-state index in [0.29, 0.717) is 60.2 Å². The fourth-order valence-corrected chi connectivity index (χ4v) is 7.38. The number of halogens is 1. The van der Waals surface area contributed by atoms with Gasteiger partial charge in [0.05, 0.1) is 0 Å². The minimum atomic E-state index is -0.399. The maximum atomic E-state index is 13.8. The second-order valence-corrected chi connectivity index (χ2v) is 11.9. The molecule has 0 spiro atoms. The first-order chi connectivity index (χ1) is 16.8. The molecule has 0 unspecified atom stereocenters. The molecule has 0 amide bonds. The zero-order valence-electron chi connectivity index (χ0n) is 20.7. The van der Waals surface area contributed by atoms with Crippen LogP contribution in [0.1, 0.15) is 55.8 Å². The summed E-state index contributed by atoms with van der Waals surface area (Å²) in [5.74, 6) is 0.657. The Hall–Kier alpha value is -1.47.